The monoisotopic (exact) mass is 296 g/mol. The Kier molecular flexibility index (Phi) is 6.81. The van der Waals surface area contributed by atoms with Gasteiger partial charge >= 0.3 is 11.9 Å². The van der Waals surface area contributed by atoms with E-state index in [0.717, 1.165) is 25.0 Å². The molecule has 0 fully saturated rings. The highest BCUT2D eigenvalue weighted by Crippen LogP contribution is 2.17. The Morgan fingerprint density at radius 3 is 2.65 bits per heavy atom. The van der Waals surface area contributed by atoms with Gasteiger partial charge in [0.25, 0.3) is 0 Å². The quantitative estimate of drug-likeness (QED) is 0.458. The van der Waals surface area contributed by atoms with Gasteiger partial charge in [0.15, 0.2) is 0 Å². The van der Waals surface area contributed by atoms with E-state index >= 15 is 0 Å². The Hall–Kier alpha value is -1.81. The van der Waals surface area contributed by atoms with Gasteiger partial charge in [0.1, 0.15) is 5.75 Å². The maximum absolute atomic E-state index is 11.5. The topological polar surface area (TPSA) is 52.6 Å². The summed E-state index contributed by atoms with van der Waals surface area (Å²) in [5.41, 5.74) is 0. The molecule has 0 aliphatic rings. The lowest BCUT2D eigenvalue weighted by molar-refractivity contribution is -0.142. The Bertz CT molecular complexity index is 496. The van der Waals surface area contributed by atoms with Gasteiger partial charge in [0.05, 0.1) is 6.10 Å². The lowest BCUT2D eigenvalue weighted by Crippen LogP contribution is -2.13. The van der Waals surface area contributed by atoms with Gasteiger partial charge in [-0.15, -0.1) is 0 Å². The number of esters is 2. The van der Waals surface area contributed by atoms with Crippen molar-refractivity contribution in [1.29, 1.82) is 0 Å². The van der Waals surface area contributed by atoms with Crippen molar-refractivity contribution in [2.45, 2.75) is 32.8 Å². The van der Waals surface area contributed by atoms with E-state index in [1.807, 2.05) is 6.92 Å². The van der Waals surface area contributed by atoms with Crippen molar-refractivity contribution in [1.82, 2.24) is 0 Å². The molecule has 0 saturated carbocycles. The largest absolute Gasteiger partial charge is 0.460 e. The molecule has 108 valence electrons. The minimum absolute atomic E-state index is 0.166. The zero-order valence-corrected chi connectivity index (χ0v) is 12.2. The van der Waals surface area contributed by atoms with Crippen molar-refractivity contribution in [3.05, 3.63) is 41.4 Å². The zero-order valence-electron chi connectivity index (χ0n) is 11.5. The second-order valence-corrected chi connectivity index (χ2v) is 4.68. The van der Waals surface area contributed by atoms with Gasteiger partial charge in [0, 0.05) is 17.2 Å². The van der Waals surface area contributed by atoms with Crippen LogP contribution in [0.5, 0.6) is 5.75 Å². The van der Waals surface area contributed by atoms with E-state index in [2.05, 4.69) is 0 Å². The number of ether oxygens (including phenoxy) is 2. The lowest BCUT2D eigenvalue weighted by atomic mass is 10.2. The van der Waals surface area contributed by atoms with Crippen LogP contribution in [0, 0.1) is 0 Å². The second kappa shape index (κ2) is 8.38. The van der Waals surface area contributed by atoms with Crippen LogP contribution in [0.15, 0.2) is 36.4 Å². The highest BCUT2D eigenvalue weighted by Gasteiger charge is 2.07. The highest BCUT2D eigenvalue weighted by atomic mass is 35.5. The van der Waals surface area contributed by atoms with Gasteiger partial charge in [-0.05, 0) is 31.5 Å². The van der Waals surface area contributed by atoms with Crippen LogP contribution in [-0.2, 0) is 14.3 Å². The van der Waals surface area contributed by atoms with Crippen LogP contribution in [0.4, 0.5) is 0 Å². The summed E-state index contributed by atoms with van der Waals surface area (Å²) in [5.74, 6) is -0.902. The van der Waals surface area contributed by atoms with Crippen molar-refractivity contribution in [2.75, 3.05) is 0 Å². The summed E-state index contributed by atoms with van der Waals surface area (Å²) in [6.45, 7) is 3.81. The van der Waals surface area contributed by atoms with Crippen LogP contribution in [0.1, 0.15) is 26.7 Å². The first-order valence-corrected chi connectivity index (χ1v) is 6.75. The molecule has 0 N–H and O–H groups in total. The second-order valence-electron chi connectivity index (χ2n) is 4.25. The zero-order chi connectivity index (χ0) is 15.0. The van der Waals surface area contributed by atoms with E-state index in [0.29, 0.717) is 10.8 Å². The number of carbonyl (C=O) groups is 2. The first-order valence-electron chi connectivity index (χ1n) is 6.37. The molecule has 0 aromatic heterocycles. The molecule has 0 aliphatic carbocycles. The number of carbonyl (C=O) groups excluding carboxylic acids is 2. The molecule has 0 radical (unpaired) electrons. The Labute approximate surface area is 123 Å². The third-order valence-corrected chi connectivity index (χ3v) is 2.62. The Morgan fingerprint density at radius 1 is 1.30 bits per heavy atom. The van der Waals surface area contributed by atoms with Gasteiger partial charge in [-0.1, -0.05) is 31.0 Å². The molecule has 20 heavy (non-hydrogen) atoms. The molecule has 1 aromatic rings. The molecule has 5 heteroatoms. The molecule has 1 unspecified atom stereocenters. The molecular formula is C15H17ClO4. The molecule has 0 aliphatic heterocycles. The highest BCUT2D eigenvalue weighted by molar-refractivity contribution is 6.30. The predicted octanol–water partition coefficient (Wildman–Crippen LogP) is 3.53. The summed E-state index contributed by atoms with van der Waals surface area (Å²) in [6.07, 6.45) is 3.63. The molecule has 0 saturated heterocycles. The van der Waals surface area contributed by atoms with Crippen molar-refractivity contribution >= 4 is 23.5 Å². The fourth-order valence-electron chi connectivity index (χ4n) is 1.52. The fraction of sp³-hybridized carbons (Fsp3) is 0.333. The average molecular weight is 297 g/mol. The molecule has 4 nitrogen and oxygen atoms in total. The third-order valence-electron chi connectivity index (χ3n) is 2.38. The maximum Gasteiger partial charge on any atom is 0.336 e. The van der Waals surface area contributed by atoms with E-state index in [4.69, 9.17) is 21.1 Å². The SMILES string of the molecule is CCCC(C)OC(=O)/C=C/C(=O)Oc1cccc(Cl)c1. The summed E-state index contributed by atoms with van der Waals surface area (Å²) in [6, 6.07) is 6.44. The molecule has 1 rings (SSSR count). The van der Waals surface area contributed by atoms with Crippen LogP contribution in [0.25, 0.3) is 0 Å². The molecule has 0 spiro atoms. The van der Waals surface area contributed by atoms with Crippen molar-refractivity contribution < 1.29 is 19.1 Å². The third kappa shape index (κ3) is 6.38. The normalized spacial score (nSPS) is 12.2. The summed E-state index contributed by atoms with van der Waals surface area (Å²) in [4.78, 5) is 22.9. The molecule has 1 aromatic carbocycles. The van der Waals surface area contributed by atoms with Crippen LogP contribution >= 0.6 is 11.6 Å². The van der Waals surface area contributed by atoms with Crippen LogP contribution in [-0.4, -0.2) is 18.0 Å². The molecule has 0 bridgehead atoms. The maximum atomic E-state index is 11.5. The first kappa shape index (κ1) is 16.2. The van der Waals surface area contributed by atoms with Crippen molar-refractivity contribution in [3.63, 3.8) is 0 Å². The summed E-state index contributed by atoms with van der Waals surface area (Å²) in [5, 5.41) is 0.465. The fourth-order valence-corrected chi connectivity index (χ4v) is 1.70. The minimum atomic E-state index is -0.660. The van der Waals surface area contributed by atoms with E-state index in [-0.39, 0.29) is 6.10 Å². The summed E-state index contributed by atoms with van der Waals surface area (Å²) in [7, 11) is 0. The number of rotatable bonds is 6. The Balaban J connectivity index is 2.45. The molecule has 0 amide bonds. The van der Waals surface area contributed by atoms with Crippen LogP contribution in [0.3, 0.4) is 0 Å². The average Bonchev–Trinajstić information content (AvgIpc) is 2.36. The van der Waals surface area contributed by atoms with Crippen LogP contribution < -0.4 is 4.74 Å². The molecule has 1 atom stereocenters. The minimum Gasteiger partial charge on any atom is -0.460 e. The van der Waals surface area contributed by atoms with Gasteiger partial charge < -0.3 is 9.47 Å². The van der Waals surface area contributed by atoms with Gasteiger partial charge in [0.2, 0.25) is 0 Å². The van der Waals surface area contributed by atoms with E-state index in [1.165, 1.54) is 6.07 Å². The predicted molar refractivity (Wildman–Crippen MR) is 76.7 cm³/mol. The smallest absolute Gasteiger partial charge is 0.336 e. The van der Waals surface area contributed by atoms with Gasteiger partial charge in [-0.3, -0.25) is 0 Å². The van der Waals surface area contributed by atoms with Crippen molar-refractivity contribution in [2.24, 2.45) is 0 Å². The van der Waals surface area contributed by atoms with E-state index in [1.54, 1.807) is 25.1 Å². The first-order chi connectivity index (χ1) is 9.51. The van der Waals surface area contributed by atoms with E-state index < -0.39 is 11.9 Å². The van der Waals surface area contributed by atoms with Crippen LogP contribution in [0.2, 0.25) is 5.02 Å². The van der Waals surface area contributed by atoms with E-state index in [9.17, 15) is 9.59 Å². The summed E-state index contributed by atoms with van der Waals surface area (Å²) < 4.78 is 10.0. The number of halogens is 1. The van der Waals surface area contributed by atoms with Gasteiger partial charge in [-0.25, -0.2) is 9.59 Å². The standard InChI is InChI=1S/C15H17ClO4/c1-3-5-11(2)19-14(17)8-9-15(18)20-13-7-4-6-12(16)10-13/h4,6-11H,3,5H2,1-2H3/b9-8+. The molecule has 0 heterocycles. The number of hydrogen-bond donors (Lipinski definition) is 0. The van der Waals surface area contributed by atoms with Crippen molar-refractivity contribution in [3.8, 4) is 5.75 Å². The number of benzene rings is 1. The summed E-state index contributed by atoms with van der Waals surface area (Å²) >= 11 is 5.76. The Morgan fingerprint density at radius 2 is 2.00 bits per heavy atom. The number of hydrogen-bond acceptors (Lipinski definition) is 4. The lowest BCUT2D eigenvalue weighted by Gasteiger charge is -2.09. The van der Waals surface area contributed by atoms with Gasteiger partial charge in [-0.2, -0.15) is 0 Å². The molecular weight excluding hydrogens is 280 g/mol.